The first-order valence-corrected chi connectivity index (χ1v) is 7.78. The SMILES string of the molecule is OC[C@@H]1CCCN1Cc1nc(Cc2cccc(C(F)(F)F)c2)no1. The van der Waals surface area contributed by atoms with Crippen molar-refractivity contribution in [1.82, 2.24) is 15.0 Å². The third-order valence-electron chi connectivity index (χ3n) is 4.17. The van der Waals surface area contributed by atoms with Crippen LogP contribution in [-0.4, -0.2) is 39.3 Å². The summed E-state index contributed by atoms with van der Waals surface area (Å²) in [5.74, 6) is 0.765. The van der Waals surface area contributed by atoms with Gasteiger partial charge in [-0.1, -0.05) is 23.4 Å². The molecule has 1 N–H and O–H groups in total. The van der Waals surface area contributed by atoms with Crippen LogP contribution in [0, 0.1) is 0 Å². The number of alkyl halides is 3. The van der Waals surface area contributed by atoms with E-state index in [4.69, 9.17) is 4.52 Å². The Morgan fingerprint density at radius 2 is 2.17 bits per heavy atom. The second-order valence-electron chi connectivity index (χ2n) is 5.93. The molecule has 5 nitrogen and oxygen atoms in total. The molecule has 0 radical (unpaired) electrons. The van der Waals surface area contributed by atoms with Crippen LogP contribution in [0.25, 0.3) is 0 Å². The van der Waals surface area contributed by atoms with E-state index < -0.39 is 11.7 Å². The number of hydrogen-bond donors (Lipinski definition) is 1. The summed E-state index contributed by atoms with van der Waals surface area (Å²) in [6.07, 6.45) is -2.25. The molecule has 1 atom stereocenters. The Labute approximate surface area is 137 Å². The minimum atomic E-state index is -4.37. The van der Waals surface area contributed by atoms with Gasteiger partial charge in [-0.2, -0.15) is 18.2 Å². The molecule has 8 heteroatoms. The largest absolute Gasteiger partial charge is 0.416 e. The number of likely N-dealkylation sites (tertiary alicyclic amines) is 1. The van der Waals surface area contributed by atoms with Crippen LogP contribution in [0.1, 0.15) is 35.7 Å². The van der Waals surface area contributed by atoms with Gasteiger partial charge in [0.05, 0.1) is 18.7 Å². The minimum absolute atomic E-state index is 0.0885. The lowest BCUT2D eigenvalue weighted by atomic mass is 10.1. The molecule has 0 spiro atoms. The Bertz CT molecular complexity index is 687. The summed E-state index contributed by atoms with van der Waals surface area (Å²) in [4.78, 5) is 6.32. The summed E-state index contributed by atoms with van der Waals surface area (Å²) in [6, 6.07) is 5.21. The quantitative estimate of drug-likeness (QED) is 0.906. The molecule has 1 aromatic heterocycles. The zero-order valence-corrected chi connectivity index (χ0v) is 13.0. The van der Waals surface area contributed by atoms with Gasteiger partial charge in [-0.05, 0) is 31.0 Å². The molecule has 0 unspecified atom stereocenters. The average Bonchev–Trinajstić information content (AvgIpc) is 3.16. The van der Waals surface area contributed by atoms with Gasteiger partial charge in [-0.25, -0.2) is 0 Å². The van der Waals surface area contributed by atoms with Crippen molar-refractivity contribution < 1.29 is 22.8 Å². The van der Waals surface area contributed by atoms with Crippen LogP contribution in [0.5, 0.6) is 0 Å². The van der Waals surface area contributed by atoms with Crippen molar-refractivity contribution in [3.63, 3.8) is 0 Å². The number of halogens is 3. The Balaban J connectivity index is 1.66. The predicted molar refractivity (Wildman–Crippen MR) is 79.1 cm³/mol. The van der Waals surface area contributed by atoms with Crippen LogP contribution in [0.15, 0.2) is 28.8 Å². The molecule has 0 saturated carbocycles. The van der Waals surface area contributed by atoms with Crippen molar-refractivity contribution in [2.24, 2.45) is 0 Å². The van der Waals surface area contributed by atoms with Crippen molar-refractivity contribution in [2.75, 3.05) is 13.2 Å². The highest BCUT2D eigenvalue weighted by molar-refractivity contribution is 5.27. The highest BCUT2D eigenvalue weighted by Crippen LogP contribution is 2.29. The highest BCUT2D eigenvalue weighted by Gasteiger charge is 2.30. The summed E-state index contributed by atoms with van der Waals surface area (Å²) < 4.78 is 43.4. The average molecular weight is 341 g/mol. The van der Waals surface area contributed by atoms with Gasteiger partial charge in [-0.3, -0.25) is 4.90 Å². The highest BCUT2D eigenvalue weighted by atomic mass is 19.4. The van der Waals surface area contributed by atoms with Crippen LogP contribution in [0.4, 0.5) is 13.2 Å². The van der Waals surface area contributed by atoms with Crippen LogP contribution in [-0.2, 0) is 19.1 Å². The van der Waals surface area contributed by atoms with Crippen LogP contribution in [0.2, 0.25) is 0 Å². The van der Waals surface area contributed by atoms with Crippen molar-refractivity contribution >= 4 is 0 Å². The molecule has 0 bridgehead atoms. The van der Waals surface area contributed by atoms with Gasteiger partial charge in [0, 0.05) is 12.5 Å². The first kappa shape index (κ1) is 16.9. The molecule has 3 rings (SSSR count). The maximum atomic E-state index is 12.7. The van der Waals surface area contributed by atoms with Crippen molar-refractivity contribution in [2.45, 2.75) is 38.0 Å². The van der Waals surface area contributed by atoms with Crippen LogP contribution < -0.4 is 0 Å². The van der Waals surface area contributed by atoms with E-state index in [1.54, 1.807) is 6.07 Å². The summed E-state index contributed by atoms with van der Waals surface area (Å²) in [6.45, 7) is 1.39. The van der Waals surface area contributed by atoms with E-state index in [9.17, 15) is 18.3 Å². The molecule has 24 heavy (non-hydrogen) atoms. The van der Waals surface area contributed by atoms with Crippen molar-refractivity contribution in [1.29, 1.82) is 0 Å². The summed E-state index contributed by atoms with van der Waals surface area (Å²) in [5, 5.41) is 13.1. The zero-order valence-electron chi connectivity index (χ0n) is 13.0. The standard InChI is InChI=1S/C16H18F3N3O2/c17-16(18,19)12-4-1-3-11(7-12)8-14-20-15(24-21-14)9-22-6-2-5-13(22)10-23/h1,3-4,7,13,23H,2,5-6,8-10H2/t13-/m0/s1. The molecule has 1 aliphatic rings. The second kappa shape index (κ2) is 6.90. The number of aliphatic hydroxyl groups excluding tert-OH is 1. The Morgan fingerprint density at radius 3 is 2.92 bits per heavy atom. The summed E-state index contributed by atoms with van der Waals surface area (Å²) >= 11 is 0. The zero-order chi connectivity index (χ0) is 17.2. The van der Waals surface area contributed by atoms with Gasteiger partial charge in [0.1, 0.15) is 0 Å². The fraction of sp³-hybridized carbons (Fsp3) is 0.500. The van der Waals surface area contributed by atoms with Gasteiger partial charge in [0.25, 0.3) is 0 Å². The maximum Gasteiger partial charge on any atom is 0.416 e. The number of aliphatic hydroxyl groups is 1. The van der Waals surface area contributed by atoms with Gasteiger partial charge in [0.2, 0.25) is 5.89 Å². The van der Waals surface area contributed by atoms with E-state index in [-0.39, 0.29) is 19.1 Å². The summed E-state index contributed by atoms with van der Waals surface area (Å²) in [5.41, 5.74) is -0.210. The topological polar surface area (TPSA) is 62.4 Å². The Kier molecular flexibility index (Phi) is 4.86. The van der Waals surface area contributed by atoms with E-state index in [2.05, 4.69) is 15.0 Å². The molecular weight excluding hydrogens is 323 g/mol. The molecule has 0 amide bonds. The second-order valence-corrected chi connectivity index (χ2v) is 5.93. The fourth-order valence-corrected chi connectivity index (χ4v) is 2.95. The van der Waals surface area contributed by atoms with Crippen molar-refractivity contribution in [3.8, 4) is 0 Å². The lowest BCUT2D eigenvalue weighted by Crippen LogP contribution is -2.31. The molecule has 2 heterocycles. The molecule has 0 aliphatic carbocycles. The first-order valence-electron chi connectivity index (χ1n) is 7.78. The normalized spacial score (nSPS) is 19.1. The monoisotopic (exact) mass is 341 g/mol. The van der Waals surface area contributed by atoms with Crippen LogP contribution >= 0.6 is 0 Å². The van der Waals surface area contributed by atoms with E-state index >= 15 is 0 Å². The van der Waals surface area contributed by atoms with Gasteiger partial charge in [0.15, 0.2) is 5.82 Å². The predicted octanol–water partition coefficient (Wildman–Crippen LogP) is 2.64. The molecule has 1 aliphatic heterocycles. The molecule has 130 valence electrons. The van der Waals surface area contributed by atoms with E-state index in [0.717, 1.165) is 31.5 Å². The van der Waals surface area contributed by atoms with E-state index in [1.807, 2.05) is 0 Å². The summed E-state index contributed by atoms with van der Waals surface area (Å²) in [7, 11) is 0. The third kappa shape index (κ3) is 3.93. The molecular formula is C16H18F3N3O2. The number of benzene rings is 1. The Morgan fingerprint density at radius 1 is 1.33 bits per heavy atom. The molecule has 1 fully saturated rings. The molecule has 1 saturated heterocycles. The minimum Gasteiger partial charge on any atom is -0.395 e. The Hall–Kier alpha value is -1.93. The number of hydrogen-bond acceptors (Lipinski definition) is 5. The molecule has 1 aromatic carbocycles. The lowest BCUT2D eigenvalue weighted by Gasteiger charge is -2.20. The van der Waals surface area contributed by atoms with E-state index in [1.165, 1.54) is 6.07 Å². The van der Waals surface area contributed by atoms with E-state index in [0.29, 0.717) is 23.8 Å². The maximum absolute atomic E-state index is 12.7. The number of rotatable bonds is 5. The number of aromatic nitrogens is 2. The van der Waals surface area contributed by atoms with Gasteiger partial charge < -0.3 is 9.63 Å². The number of nitrogens with zero attached hydrogens (tertiary/aromatic N) is 3. The smallest absolute Gasteiger partial charge is 0.395 e. The molecule has 2 aromatic rings. The first-order chi connectivity index (χ1) is 11.5. The van der Waals surface area contributed by atoms with Crippen molar-refractivity contribution in [3.05, 3.63) is 47.1 Å². The van der Waals surface area contributed by atoms with Gasteiger partial charge >= 0.3 is 6.18 Å². The third-order valence-corrected chi connectivity index (χ3v) is 4.17. The van der Waals surface area contributed by atoms with Gasteiger partial charge in [-0.15, -0.1) is 0 Å². The lowest BCUT2D eigenvalue weighted by molar-refractivity contribution is -0.137. The fourth-order valence-electron chi connectivity index (χ4n) is 2.95. The van der Waals surface area contributed by atoms with Crippen LogP contribution in [0.3, 0.4) is 0 Å².